The van der Waals surface area contributed by atoms with E-state index < -0.39 is 0 Å². The van der Waals surface area contributed by atoms with E-state index in [1.165, 1.54) is 10.3 Å². The van der Waals surface area contributed by atoms with Crippen molar-refractivity contribution in [1.29, 1.82) is 0 Å². The zero-order valence-corrected chi connectivity index (χ0v) is 12.1. The Balaban J connectivity index is 2.28. The summed E-state index contributed by atoms with van der Waals surface area (Å²) in [6.07, 6.45) is 0. The Bertz CT molecular complexity index is 497. The third kappa shape index (κ3) is 3.34. The van der Waals surface area contributed by atoms with Crippen LogP contribution in [0.25, 0.3) is 0 Å². The molecule has 0 aliphatic carbocycles. The summed E-state index contributed by atoms with van der Waals surface area (Å²) in [6.45, 7) is 5.00. The Kier molecular flexibility index (Phi) is 4.80. The van der Waals surface area contributed by atoms with E-state index in [2.05, 4.69) is 30.6 Å². The van der Waals surface area contributed by atoms with Gasteiger partial charge in [0.15, 0.2) is 0 Å². The van der Waals surface area contributed by atoms with E-state index in [1.54, 1.807) is 29.2 Å². The molecule has 1 heterocycles. The highest BCUT2D eigenvalue weighted by Gasteiger charge is 2.12. The molecular formula is C14H16FNS2. The maximum Gasteiger partial charge on any atom is 0.123 e. The average Bonchev–Trinajstić information content (AvgIpc) is 2.84. The number of rotatable bonds is 5. The summed E-state index contributed by atoms with van der Waals surface area (Å²) in [4.78, 5) is 1.12. The van der Waals surface area contributed by atoms with E-state index in [-0.39, 0.29) is 11.9 Å². The van der Waals surface area contributed by atoms with Crippen molar-refractivity contribution in [2.45, 2.75) is 29.0 Å². The number of hydrogen-bond acceptors (Lipinski definition) is 3. The molecule has 0 aliphatic heterocycles. The van der Waals surface area contributed by atoms with Crippen molar-refractivity contribution in [1.82, 2.24) is 5.32 Å². The number of nitrogens with one attached hydrogen (secondary N) is 1. The van der Waals surface area contributed by atoms with Gasteiger partial charge in [-0.1, -0.05) is 24.8 Å². The lowest BCUT2D eigenvalue weighted by atomic mass is 10.1. The normalized spacial score (nSPS) is 12.6. The fourth-order valence-corrected chi connectivity index (χ4v) is 3.73. The summed E-state index contributed by atoms with van der Waals surface area (Å²) >= 11 is 3.40. The Morgan fingerprint density at radius 3 is 2.89 bits per heavy atom. The molecule has 0 radical (unpaired) electrons. The van der Waals surface area contributed by atoms with Gasteiger partial charge in [-0.25, -0.2) is 4.39 Å². The predicted octanol–water partition coefficient (Wildman–Crippen LogP) is 4.71. The smallest absolute Gasteiger partial charge is 0.123 e. The standard InChI is InChI=1S/C14H16FNS2/c1-3-16-10(2)12-9-11(15)6-7-13(12)18-14-5-4-8-17-14/h4-10,16H,3H2,1-2H3. The van der Waals surface area contributed by atoms with Crippen molar-refractivity contribution in [3.05, 3.63) is 47.1 Å². The number of hydrogen-bond donors (Lipinski definition) is 1. The molecule has 4 heteroatoms. The highest BCUT2D eigenvalue weighted by Crippen LogP contribution is 2.36. The summed E-state index contributed by atoms with van der Waals surface area (Å²) < 4.78 is 14.6. The molecule has 0 saturated heterocycles. The van der Waals surface area contributed by atoms with E-state index in [0.29, 0.717) is 0 Å². The molecule has 1 atom stereocenters. The second-order valence-electron chi connectivity index (χ2n) is 4.00. The third-order valence-corrected chi connectivity index (χ3v) is 4.78. The Morgan fingerprint density at radius 1 is 1.39 bits per heavy atom. The molecular weight excluding hydrogens is 265 g/mol. The summed E-state index contributed by atoms with van der Waals surface area (Å²) in [6, 6.07) is 9.29. The van der Waals surface area contributed by atoms with Crippen LogP contribution in [-0.4, -0.2) is 6.54 Å². The van der Waals surface area contributed by atoms with Crippen LogP contribution in [0.4, 0.5) is 4.39 Å². The van der Waals surface area contributed by atoms with Gasteiger partial charge in [0, 0.05) is 10.9 Å². The zero-order chi connectivity index (χ0) is 13.0. The Morgan fingerprint density at radius 2 is 2.22 bits per heavy atom. The monoisotopic (exact) mass is 281 g/mol. The minimum Gasteiger partial charge on any atom is -0.310 e. The lowest BCUT2D eigenvalue weighted by molar-refractivity contribution is 0.574. The first-order valence-corrected chi connectivity index (χ1v) is 7.64. The van der Waals surface area contributed by atoms with Crippen LogP contribution in [0, 0.1) is 5.82 Å². The lowest BCUT2D eigenvalue weighted by Gasteiger charge is -2.16. The first kappa shape index (κ1) is 13.6. The van der Waals surface area contributed by atoms with Crippen molar-refractivity contribution in [3.8, 4) is 0 Å². The Hall–Kier alpha value is -0.840. The SMILES string of the molecule is CCNC(C)c1cc(F)ccc1Sc1cccs1. The topological polar surface area (TPSA) is 12.0 Å². The van der Waals surface area contributed by atoms with Crippen LogP contribution in [0.1, 0.15) is 25.5 Å². The molecule has 2 rings (SSSR count). The average molecular weight is 281 g/mol. The minimum atomic E-state index is -0.176. The van der Waals surface area contributed by atoms with Crippen molar-refractivity contribution < 1.29 is 4.39 Å². The predicted molar refractivity (Wildman–Crippen MR) is 76.9 cm³/mol. The van der Waals surface area contributed by atoms with Gasteiger partial charge in [-0.15, -0.1) is 11.3 Å². The highest BCUT2D eigenvalue weighted by molar-refractivity contribution is 8.01. The second kappa shape index (κ2) is 6.36. The molecule has 0 amide bonds. The maximum atomic E-state index is 13.4. The van der Waals surface area contributed by atoms with Crippen LogP contribution < -0.4 is 5.32 Å². The zero-order valence-electron chi connectivity index (χ0n) is 10.4. The lowest BCUT2D eigenvalue weighted by Crippen LogP contribution is -2.18. The highest BCUT2D eigenvalue weighted by atomic mass is 32.2. The fraction of sp³-hybridized carbons (Fsp3) is 0.286. The van der Waals surface area contributed by atoms with Crippen LogP contribution in [0.2, 0.25) is 0 Å². The van der Waals surface area contributed by atoms with Gasteiger partial charge in [0.25, 0.3) is 0 Å². The summed E-state index contributed by atoms with van der Waals surface area (Å²) in [5.41, 5.74) is 1.02. The minimum absolute atomic E-state index is 0.160. The number of thiophene rings is 1. The van der Waals surface area contributed by atoms with Gasteiger partial charge in [0.05, 0.1) is 4.21 Å². The number of halogens is 1. The van der Waals surface area contributed by atoms with Gasteiger partial charge in [0.1, 0.15) is 5.82 Å². The van der Waals surface area contributed by atoms with Crippen LogP contribution in [0.3, 0.4) is 0 Å². The molecule has 0 fully saturated rings. The Labute approximate surface area is 115 Å². The molecule has 2 aromatic rings. The molecule has 1 nitrogen and oxygen atoms in total. The third-order valence-electron chi connectivity index (χ3n) is 2.65. The largest absolute Gasteiger partial charge is 0.310 e. The molecule has 1 N–H and O–H groups in total. The van der Waals surface area contributed by atoms with E-state index in [9.17, 15) is 4.39 Å². The van der Waals surface area contributed by atoms with E-state index >= 15 is 0 Å². The van der Waals surface area contributed by atoms with Gasteiger partial charge in [-0.05, 0) is 48.7 Å². The first-order chi connectivity index (χ1) is 8.70. The van der Waals surface area contributed by atoms with Gasteiger partial charge >= 0.3 is 0 Å². The van der Waals surface area contributed by atoms with Gasteiger partial charge < -0.3 is 5.32 Å². The summed E-state index contributed by atoms with van der Waals surface area (Å²) in [5, 5.41) is 5.39. The first-order valence-electron chi connectivity index (χ1n) is 5.95. The molecule has 18 heavy (non-hydrogen) atoms. The van der Waals surface area contributed by atoms with Crippen molar-refractivity contribution in [3.63, 3.8) is 0 Å². The maximum absolute atomic E-state index is 13.4. The molecule has 1 aromatic heterocycles. The molecule has 1 unspecified atom stereocenters. The van der Waals surface area contributed by atoms with E-state index in [1.807, 2.05) is 12.1 Å². The molecule has 96 valence electrons. The molecule has 1 aromatic carbocycles. The van der Waals surface area contributed by atoms with Gasteiger partial charge in [-0.2, -0.15) is 0 Å². The fourth-order valence-electron chi connectivity index (χ4n) is 1.80. The molecule has 0 aliphatic rings. The summed E-state index contributed by atoms with van der Waals surface area (Å²) in [5.74, 6) is -0.176. The van der Waals surface area contributed by atoms with Crippen molar-refractivity contribution >= 4 is 23.1 Å². The quantitative estimate of drug-likeness (QED) is 0.852. The van der Waals surface area contributed by atoms with Crippen LogP contribution in [0.5, 0.6) is 0 Å². The van der Waals surface area contributed by atoms with Crippen LogP contribution in [-0.2, 0) is 0 Å². The van der Waals surface area contributed by atoms with Gasteiger partial charge in [0.2, 0.25) is 0 Å². The second-order valence-corrected chi connectivity index (χ2v) is 6.29. The van der Waals surface area contributed by atoms with E-state index in [0.717, 1.165) is 17.0 Å². The van der Waals surface area contributed by atoms with Crippen molar-refractivity contribution in [2.75, 3.05) is 6.54 Å². The van der Waals surface area contributed by atoms with Crippen LogP contribution in [0.15, 0.2) is 44.8 Å². The molecule has 0 bridgehead atoms. The van der Waals surface area contributed by atoms with Crippen LogP contribution >= 0.6 is 23.1 Å². The van der Waals surface area contributed by atoms with Crippen molar-refractivity contribution in [2.24, 2.45) is 0 Å². The molecule has 0 spiro atoms. The van der Waals surface area contributed by atoms with E-state index in [4.69, 9.17) is 0 Å². The molecule has 0 saturated carbocycles. The summed E-state index contributed by atoms with van der Waals surface area (Å²) in [7, 11) is 0. The number of benzene rings is 1. The van der Waals surface area contributed by atoms with Gasteiger partial charge in [-0.3, -0.25) is 0 Å².